The van der Waals surface area contributed by atoms with Crippen LogP contribution in [0.1, 0.15) is 38.1 Å². The van der Waals surface area contributed by atoms with Crippen molar-refractivity contribution in [1.82, 2.24) is 14.7 Å². The van der Waals surface area contributed by atoms with Gasteiger partial charge in [0, 0.05) is 26.2 Å². The van der Waals surface area contributed by atoms with Gasteiger partial charge in [-0.15, -0.1) is 0 Å². The minimum Gasteiger partial charge on any atom is -0.345 e. The molecule has 0 atom stereocenters. The molecular formula is C13H18BrN3O. The molecule has 0 aromatic carbocycles. The van der Waals surface area contributed by atoms with Crippen molar-refractivity contribution >= 4 is 21.8 Å². The third kappa shape index (κ3) is 2.09. The molecule has 98 valence electrons. The number of rotatable bonds is 1. The van der Waals surface area contributed by atoms with Gasteiger partial charge in [0.05, 0.1) is 16.7 Å². The molecule has 2 aliphatic rings. The summed E-state index contributed by atoms with van der Waals surface area (Å²) < 4.78 is 3.11. The van der Waals surface area contributed by atoms with Gasteiger partial charge in [0.1, 0.15) is 0 Å². The first-order valence-corrected chi connectivity index (χ1v) is 7.31. The molecule has 2 fully saturated rings. The van der Waals surface area contributed by atoms with Crippen molar-refractivity contribution in [3.8, 4) is 0 Å². The van der Waals surface area contributed by atoms with Crippen LogP contribution in [0.5, 0.6) is 0 Å². The minimum absolute atomic E-state index is 0.257. The van der Waals surface area contributed by atoms with E-state index in [1.165, 1.54) is 0 Å². The summed E-state index contributed by atoms with van der Waals surface area (Å²) in [6.45, 7) is 0.946. The minimum atomic E-state index is 0.257. The summed E-state index contributed by atoms with van der Waals surface area (Å²) >= 11 is 3.44. The van der Waals surface area contributed by atoms with Crippen molar-refractivity contribution in [1.29, 1.82) is 0 Å². The lowest BCUT2D eigenvalue weighted by molar-refractivity contribution is -0.126. The Kier molecular flexibility index (Phi) is 2.96. The molecule has 5 heteroatoms. The molecule has 18 heavy (non-hydrogen) atoms. The maximum absolute atomic E-state index is 11.7. The summed E-state index contributed by atoms with van der Waals surface area (Å²) in [5, 5.41) is 4.38. The zero-order valence-electron chi connectivity index (χ0n) is 10.6. The number of hydrogen-bond donors (Lipinski definition) is 0. The van der Waals surface area contributed by atoms with Crippen LogP contribution < -0.4 is 0 Å². The smallest absolute Gasteiger partial charge is 0.222 e. The zero-order chi connectivity index (χ0) is 12.8. The molecule has 1 aliphatic carbocycles. The van der Waals surface area contributed by atoms with E-state index >= 15 is 0 Å². The number of halogens is 1. The molecule has 0 radical (unpaired) electrons. The molecule has 1 aromatic rings. The average Bonchev–Trinajstić information content (AvgIpc) is 2.86. The Hall–Kier alpha value is -0.840. The average molecular weight is 312 g/mol. The lowest BCUT2D eigenvalue weighted by Crippen LogP contribution is -2.31. The Bertz CT molecular complexity index is 463. The van der Waals surface area contributed by atoms with Crippen molar-refractivity contribution in [2.75, 3.05) is 13.6 Å². The molecule has 4 nitrogen and oxygen atoms in total. The summed E-state index contributed by atoms with van der Waals surface area (Å²) in [5.74, 6) is 0.315. The molecule has 1 saturated heterocycles. The predicted octanol–water partition coefficient (Wildman–Crippen LogP) is 2.61. The van der Waals surface area contributed by atoms with E-state index in [0.717, 1.165) is 43.1 Å². The van der Waals surface area contributed by atoms with Crippen molar-refractivity contribution in [3.05, 3.63) is 16.9 Å². The standard InChI is InChI=1S/C13H18BrN3O/c1-16-9-13(6-12(16)18)4-2-11(3-5-13)17-8-10(14)7-15-17/h7-8,11H,2-6,9H2,1H3/t11-,13-. The van der Waals surface area contributed by atoms with Crippen LogP contribution in [0.25, 0.3) is 0 Å². The number of carbonyl (C=O) groups excluding carboxylic acids is 1. The van der Waals surface area contributed by atoms with E-state index in [1.807, 2.05) is 18.1 Å². The molecule has 3 rings (SSSR count). The SMILES string of the molecule is CN1C[C@]2(CC[C@H](n3cc(Br)cn3)CC2)CC1=O. The van der Waals surface area contributed by atoms with Crippen LogP contribution in [0, 0.1) is 5.41 Å². The number of likely N-dealkylation sites (tertiary alicyclic amines) is 1. The first-order chi connectivity index (χ1) is 8.58. The van der Waals surface area contributed by atoms with E-state index in [-0.39, 0.29) is 5.41 Å². The summed E-state index contributed by atoms with van der Waals surface area (Å²) in [7, 11) is 1.92. The lowest BCUT2D eigenvalue weighted by Gasteiger charge is -2.36. The maximum atomic E-state index is 11.7. The van der Waals surface area contributed by atoms with Gasteiger partial charge in [-0.3, -0.25) is 9.48 Å². The van der Waals surface area contributed by atoms with Crippen LogP contribution in [0.2, 0.25) is 0 Å². The quantitative estimate of drug-likeness (QED) is 0.799. The highest BCUT2D eigenvalue weighted by molar-refractivity contribution is 9.10. The van der Waals surface area contributed by atoms with Crippen molar-refractivity contribution in [2.24, 2.45) is 5.41 Å². The number of amides is 1. The van der Waals surface area contributed by atoms with Crippen LogP contribution in [-0.4, -0.2) is 34.2 Å². The van der Waals surface area contributed by atoms with Crippen molar-refractivity contribution in [2.45, 2.75) is 38.1 Å². The van der Waals surface area contributed by atoms with E-state index < -0.39 is 0 Å². The number of aromatic nitrogens is 2. The summed E-state index contributed by atoms with van der Waals surface area (Å²) in [5.41, 5.74) is 0.257. The van der Waals surface area contributed by atoms with Gasteiger partial charge in [0.15, 0.2) is 0 Å². The van der Waals surface area contributed by atoms with Gasteiger partial charge in [-0.1, -0.05) is 0 Å². The monoisotopic (exact) mass is 311 g/mol. The second kappa shape index (κ2) is 4.37. The second-order valence-electron chi connectivity index (χ2n) is 5.80. The third-order valence-corrected chi connectivity index (χ3v) is 4.89. The first kappa shape index (κ1) is 12.2. The van der Waals surface area contributed by atoms with Gasteiger partial charge in [-0.25, -0.2) is 0 Å². The van der Waals surface area contributed by atoms with Gasteiger partial charge in [0.25, 0.3) is 0 Å². The molecule has 1 aliphatic heterocycles. The second-order valence-corrected chi connectivity index (χ2v) is 6.71. The fourth-order valence-electron chi connectivity index (χ4n) is 3.43. The molecule has 1 aromatic heterocycles. The largest absolute Gasteiger partial charge is 0.345 e. The van der Waals surface area contributed by atoms with Gasteiger partial charge in [0.2, 0.25) is 5.91 Å². The molecule has 1 amide bonds. The van der Waals surface area contributed by atoms with E-state index in [0.29, 0.717) is 11.9 Å². The fourth-order valence-corrected chi connectivity index (χ4v) is 3.73. The highest BCUT2D eigenvalue weighted by atomic mass is 79.9. The molecule has 0 N–H and O–H groups in total. The van der Waals surface area contributed by atoms with E-state index in [1.54, 1.807) is 0 Å². The topological polar surface area (TPSA) is 38.1 Å². The molecule has 1 spiro atoms. The third-order valence-electron chi connectivity index (χ3n) is 4.48. The Morgan fingerprint density at radius 2 is 2.17 bits per heavy atom. The number of nitrogens with zero attached hydrogens (tertiary/aromatic N) is 3. The highest BCUT2D eigenvalue weighted by Crippen LogP contribution is 2.46. The van der Waals surface area contributed by atoms with Gasteiger partial charge >= 0.3 is 0 Å². The highest BCUT2D eigenvalue weighted by Gasteiger charge is 2.44. The van der Waals surface area contributed by atoms with E-state index in [2.05, 4.69) is 31.9 Å². The van der Waals surface area contributed by atoms with Crippen LogP contribution in [0.3, 0.4) is 0 Å². The molecule has 1 saturated carbocycles. The fraction of sp³-hybridized carbons (Fsp3) is 0.692. The summed E-state index contributed by atoms with van der Waals surface area (Å²) in [6, 6.07) is 0.503. The van der Waals surface area contributed by atoms with Crippen LogP contribution in [-0.2, 0) is 4.79 Å². The van der Waals surface area contributed by atoms with Crippen molar-refractivity contribution in [3.63, 3.8) is 0 Å². The Morgan fingerprint density at radius 3 is 2.67 bits per heavy atom. The summed E-state index contributed by atoms with van der Waals surface area (Å²) in [4.78, 5) is 13.6. The molecular weight excluding hydrogens is 294 g/mol. The van der Waals surface area contributed by atoms with Gasteiger partial charge in [-0.05, 0) is 47.0 Å². The Labute approximate surface area is 115 Å². The Morgan fingerprint density at radius 1 is 1.44 bits per heavy atom. The van der Waals surface area contributed by atoms with Crippen LogP contribution in [0.15, 0.2) is 16.9 Å². The van der Waals surface area contributed by atoms with Crippen LogP contribution >= 0.6 is 15.9 Å². The van der Waals surface area contributed by atoms with Gasteiger partial charge in [-0.2, -0.15) is 5.10 Å². The van der Waals surface area contributed by atoms with Gasteiger partial charge < -0.3 is 4.90 Å². The maximum Gasteiger partial charge on any atom is 0.222 e. The molecule has 2 heterocycles. The first-order valence-electron chi connectivity index (χ1n) is 6.52. The predicted molar refractivity (Wildman–Crippen MR) is 72.1 cm³/mol. The molecule has 0 unspecified atom stereocenters. The summed E-state index contributed by atoms with van der Waals surface area (Å²) in [6.07, 6.45) is 9.20. The van der Waals surface area contributed by atoms with E-state index in [4.69, 9.17) is 0 Å². The molecule has 0 bridgehead atoms. The Balaban J connectivity index is 1.67. The normalized spacial score (nSPS) is 32.4. The number of hydrogen-bond acceptors (Lipinski definition) is 2. The van der Waals surface area contributed by atoms with E-state index in [9.17, 15) is 4.79 Å². The zero-order valence-corrected chi connectivity index (χ0v) is 12.2. The lowest BCUT2D eigenvalue weighted by atomic mass is 9.72. The number of carbonyl (C=O) groups is 1. The van der Waals surface area contributed by atoms with Crippen LogP contribution in [0.4, 0.5) is 0 Å². The van der Waals surface area contributed by atoms with Crippen molar-refractivity contribution < 1.29 is 4.79 Å².